The van der Waals surface area contributed by atoms with Crippen LogP contribution >= 0.6 is 0 Å². The van der Waals surface area contributed by atoms with Crippen molar-refractivity contribution in [1.82, 2.24) is 9.78 Å². The van der Waals surface area contributed by atoms with Crippen LogP contribution in [0.25, 0.3) is 0 Å². The summed E-state index contributed by atoms with van der Waals surface area (Å²) in [6.45, 7) is 0. The van der Waals surface area contributed by atoms with Gasteiger partial charge in [-0.05, 0) is 31.2 Å². The van der Waals surface area contributed by atoms with Crippen LogP contribution in [0.4, 0.5) is 0 Å². The third-order valence-electron chi connectivity index (χ3n) is 3.27. The van der Waals surface area contributed by atoms with Gasteiger partial charge in [-0.1, -0.05) is 12.8 Å². The van der Waals surface area contributed by atoms with Crippen LogP contribution in [0.5, 0.6) is 0 Å². The van der Waals surface area contributed by atoms with E-state index in [1.54, 1.807) is 0 Å². The predicted molar refractivity (Wildman–Crippen MR) is 56.9 cm³/mol. The molecule has 2 rings (SSSR count). The molecule has 1 aromatic heterocycles. The molecule has 0 unspecified atom stereocenters. The van der Waals surface area contributed by atoms with E-state index in [-0.39, 0.29) is 5.54 Å². The molecule has 1 saturated carbocycles. The van der Waals surface area contributed by atoms with Gasteiger partial charge in [-0.2, -0.15) is 5.10 Å². The predicted octanol–water partition coefficient (Wildman–Crippen LogP) is 1.62. The number of aromatic nitrogens is 2. The van der Waals surface area contributed by atoms with Crippen molar-refractivity contribution >= 4 is 0 Å². The van der Waals surface area contributed by atoms with Crippen LogP contribution in [0.3, 0.4) is 0 Å². The van der Waals surface area contributed by atoms with E-state index >= 15 is 0 Å². The van der Waals surface area contributed by atoms with Crippen molar-refractivity contribution in [2.24, 2.45) is 12.8 Å². The number of hydrogen-bond acceptors (Lipinski definition) is 2. The van der Waals surface area contributed by atoms with Crippen LogP contribution in [0.2, 0.25) is 0 Å². The number of nitrogens with two attached hydrogens (primary N) is 1. The number of rotatable bonds is 3. The highest BCUT2D eigenvalue weighted by Crippen LogP contribution is 2.30. The minimum atomic E-state index is 0.121. The molecule has 3 heteroatoms. The van der Waals surface area contributed by atoms with E-state index in [0.29, 0.717) is 0 Å². The van der Waals surface area contributed by atoms with Crippen molar-refractivity contribution < 1.29 is 0 Å². The topological polar surface area (TPSA) is 43.8 Å². The third-order valence-corrected chi connectivity index (χ3v) is 3.27. The van der Waals surface area contributed by atoms with E-state index in [1.165, 1.54) is 31.2 Å². The monoisotopic (exact) mass is 193 g/mol. The van der Waals surface area contributed by atoms with Gasteiger partial charge in [-0.3, -0.25) is 4.68 Å². The maximum atomic E-state index is 6.29. The van der Waals surface area contributed by atoms with Crippen LogP contribution in [0.15, 0.2) is 12.4 Å². The Kier molecular flexibility index (Phi) is 2.59. The Hall–Kier alpha value is -0.830. The molecule has 1 aliphatic rings. The molecular formula is C11H19N3. The lowest BCUT2D eigenvalue weighted by molar-refractivity contribution is 0.406. The summed E-state index contributed by atoms with van der Waals surface area (Å²) in [5, 5.41) is 4.16. The normalized spacial score (nSPS) is 20.1. The Morgan fingerprint density at radius 2 is 2.21 bits per heavy atom. The quantitative estimate of drug-likeness (QED) is 0.792. The average Bonchev–Trinajstić information content (AvgIpc) is 2.73. The first kappa shape index (κ1) is 9.71. The van der Waals surface area contributed by atoms with Crippen LogP contribution in [0, 0.1) is 0 Å². The fourth-order valence-corrected chi connectivity index (χ4v) is 2.32. The zero-order chi connectivity index (χ0) is 10.0. The lowest BCUT2D eigenvalue weighted by Gasteiger charge is -2.22. The van der Waals surface area contributed by atoms with Gasteiger partial charge < -0.3 is 5.73 Å². The Morgan fingerprint density at radius 1 is 1.50 bits per heavy atom. The first-order valence-electron chi connectivity index (χ1n) is 5.44. The van der Waals surface area contributed by atoms with Gasteiger partial charge in [-0.15, -0.1) is 0 Å². The highest BCUT2D eigenvalue weighted by atomic mass is 15.2. The van der Waals surface area contributed by atoms with Gasteiger partial charge in [0.1, 0.15) is 0 Å². The van der Waals surface area contributed by atoms with Gasteiger partial charge in [-0.25, -0.2) is 0 Å². The van der Waals surface area contributed by atoms with E-state index in [4.69, 9.17) is 5.73 Å². The molecule has 0 aromatic carbocycles. The standard InChI is InChI=1S/C11H19N3/c1-14-9-10(8-13-14)4-7-11(12)5-2-3-6-11/h8-9H,2-7,12H2,1H3. The number of nitrogens with zero attached hydrogens (tertiary/aromatic N) is 2. The van der Waals surface area contributed by atoms with Crippen molar-refractivity contribution in [3.63, 3.8) is 0 Å². The lowest BCUT2D eigenvalue weighted by Crippen LogP contribution is -2.36. The second kappa shape index (κ2) is 3.73. The molecule has 0 radical (unpaired) electrons. The molecule has 1 heterocycles. The zero-order valence-electron chi connectivity index (χ0n) is 8.87. The minimum Gasteiger partial charge on any atom is -0.325 e. The molecule has 0 spiro atoms. The van der Waals surface area contributed by atoms with Gasteiger partial charge in [0.15, 0.2) is 0 Å². The minimum absolute atomic E-state index is 0.121. The SMILES string of the molecule is Cn1cc(CCC2(N)CCCC2)cn1. The largest absolute Gasteiger partial charge is 0.325 e. The van der Waals surface area contributed by atoms with E-state index in [9.17, 15) is 0 Å². The van der Waals surface area contributed by atoms with Crippen LogP contribution < -0.4 is 5.73 Å². The number of hydrogen-bond donors (Lipinski definition) is 1. The van der Waals surface area contributed by atoms with Gasteiger partial charge in [0.25, 0.3) is 0 Å². The summed E-state index contributed by atoms with van der Waals surface area (Å²) in [5.74, 6) is 0. The summed E-state index contributed by atoms with van der Waals surface area (Å²) in [7, 11) is 1.96. The van der Waals surface area contributed by atoms with Gasteiger partial charge >= 0.3 is 0 Å². The zero-order valence-corrected chi connectivity index (χ0v) is 8.87. The second-order valence-corrected chi connectivity index (χ2v) is 4.59. The second-order valence-electron chi connectivity index (χ2n) is 4.59. The molecule has 1 aromatic rings. The maximum absolute atomic E-state index is 6.29. The van der Waals surface area contributed by atoms with Gasteiger partial charge in [0.2, 0.25) is 0 Å². The molecule has 0 amide bonds. The first-order valence-corrected chi connectivity index (χ1v) is 5.44. The van der Waals surface area contributed by atoms with E-state index in [2.05, 4.69) is 11.3 Å². The Bertz CT molecular complexity index is 297. The average molecular weight is 193 g/mol. The third kappa shape index (κ3) is 2.15. The van der Waals surface area contributed by atoms with Gasteiger partial charge in [0.05, 0.1) is 6.20 Å². The summed E-state index contributed by atoms with van der Waals surface area (Å²) >= 11 is 0. The Balaban J connectivity index is 1.87. The lowest BCUT2D eigenvalue weighted by atomic mass is 9.91. The Morgan fingerprint density at radius 3 is 2.79 bits per heavy atom. The Labute approximate surface area is 85.3 Å². The first-order chi connectivity index (χ1) is 6.68. The summed E-state index contributed by atoms with van der Waals surface area (Å²) in [4.78, 5) is 0. The molecule has 1 fully saturated rings. The highest BCUT2D eigenvalue weighted by molar-refractivity contribution is 5.05. The van der Waals surface area contributed by atoms with Crippen LogP contribution in [-0.4, -0.2) is 15.3 Å². The molecule has 78 valence electrons. The maximum Gasteiger partial charge on any atom is 0.0521 e. The van der Waals surface area contributed by atoms with Crippen molar-refractivity contribution in [2.75, 3.05) is 0 Å². The van der Waals surface area contributed by atoms with E-state index in [0.717, 1.165) is 12.8 Å². The smallest absolute Gasteiger partial charge is 0.0521 e. The van der Waals surface area contributed by atoms with Crippen LogP contribution in [-0.2, 0) is 13.5 Å². The fraction of sp³-hybridized carbons (Fsp3) is 0.727. The van der Waals surface area contributed by atoms with Crippen molar-refractivity contribution in [2.45, 2.75) is 44.1 Å². The molecule has 0 aliphatic heterocycles. The molecule has 2 N–H and O–H groups in total. The molecule has 0 bridgehead atoms. The van der Waals surface area contributed by atoms with Crippen molar-refractivity contribution in [3.8, 4) is 0 Å². The molecule has 14 heavy (non-hydrogen) atoms. The number of aryl methyl sites for hydroxylation is 2. The molecule has 3 nitrogen and oxygen atoms in total. The summed E-state index contributed by atoms with van der Waals surface area (Å²) < 4.78 is 1.85. The molecule has 0 saturated heterocycles. The molecule has 1 aliphatic carbocycles. The van der Waals surface area contributed by atoms with Crippen molar-refractivity contribution in [1.29, 1.82) is 0 Å². The van der Waals surface area contributed by atoms with E-state index in [1.807, 2.05) is 17.9 Å². The van der Waals surface area contributed by atoms with Gasteiger partial charge in [0, 0.05) is 18.8 Å². The summed E-state index contributed by atoms with van der Waals surface area (Å²) in [5.41, 5.74) is 7.72. The summed E-state index contributed by atoms with van der Waals surface area (Å²) in [6, 6.07) is 0. The van der Waals surface area contributed by atoms with E-state index < -0.39 is 0 Å². The molecule has 0 atom stereocenters. The molecular weight excluding hydrogens is 174 g/mol. The van der Waals surface area contributed by atoms with Crippen molar-refractivity contribution in [3.05, 3.63) is 18.0 Å². The fourth-order valence-electron chi connectivity index (χ4n) is 2.32. The summed E-state index contributed by atoms with van der Waals surface area (Å²) in [6.07, 6.45) is 11.2. The highest BCUT2D eigenvalue weighted by Gasteiger charge is 2.28. The van der Waals surface area contributed by atoms with Crippen LogP contribution in [0.1, 0.15) is 37.7 Å².